The maximum atomic E-state index is 14.2. The van der Waals surface area contributed by atoms with Gasteiger partial charge in [-0.15, -0.1) is 0 Å². The van der Waals surface area contributed by atoms with E-state index in [1.807, 2.05) is 36.5 Å². The monoisotopic (exact) mass is 1130 g/mol. The third-order valence-corrected chi connectivity index (χ3v) is 11.4. The predicted octanol–water partition coefficient (Wildman–Crippen LogP) is 13.9. The van der Waals surface area contributed by atoms with Gasteiger partial charge in [-0.05, 0) is 47.9 Å². The van der Waals surface area contributed by atoms with E-state index in [2.05, 4.69) is 0 Å². The molecule has 7 rings (SSSR count). The van der Waals surface area contributed by atoms with Crippen molar-refractivity contribution in [2.45, 2.75) is 49.4 Å². The molecule has 1 N–H and O–H groups in total. The van der Waals surface area contributed by atoms with Crippen LogP contribution >= 0.6 is 0 Å². The van der Waals surface area contributed by atoms with Crippen molar-refractivity contribution in [2.75, 3.05) is 0 Å². The summed E-state index contributed by atoms with van der Waals surface area (Å²) in [5, 5.41) is 11.1. The number of carboxylic acid groups (broad SMARTS) is 1. The number of aromatic nitrogens is 1. The van der Waals surface area contributed by atoms with Gasteiger partial charge < -0.3 is 5.11 Å². The number of rotatable bonds is 7. The molecular weight excluding hydrogens is 1110 g/mol. The van der Waals surface area contributed by atoms with Crippen molar-refractivity contribution in [3.63, 3.8) is 0 Å². The van der Waals surface area contributed by atoms with Gasteiger partial charge in [-0.3, -0.25) is 0 Å². The first kappa shape index (κ1) is 58.6. The number of carboxylic acids is 1. The zero-order chi connectivity index (χ0) is 57.9. The summed E-state index contributed by atoms with van der Waals surface area (Å²) in [4.78, 5) is 16.5. The number of pyridine rings is 1. The van der Waals surface area contributed by atoms with Crippen molar-refractivity contribution in [1.29, 1.82) is 0 Å². The number of halogens is 24. The first-order valence-electron chi connectivity index (χ1n) is 20.8. The molecule has 0 radical (unpaired) electrons. The SMILES string of the molecule is FC(F)(F)c1cc([B-](c2cc(C(F)(F)F)cc(C(F)(F)F)c2)(c2cc(C(F)(F)F)cc(C(F)(F)F)c2)c2cc(C(F)(F)F)cc(C(F)(F)F)c2)cc(C(F)(F)F)c1.O=C(O)c1cccc(O[n+]2ccc3ccccc3c2)c1. The van der Waals surface area contributed by atoms with Crippen LogP contribution in [-0.4, -0.2) is 17.2 Å². The van der Waals surface area contributed by atoms with Gasteiger partial charge in [-0.2, -0.15) is 127 Å². The summed E-state index contributed by atoms with van der Waals surface area (Å²) in [5.41, 5.74) is -30.0. The second kappa shape index (κ2) is 20.1. The topological polar surface area (TPSA) is 50.4 Å². The summed E-state index contributed by atoms with van der Waals surface area (Å²) >= 11 is 0. The number of hydrogen-bond acceptors (Lipinski definition) is 2. The molecule has 1 aromatic heterocycles. The highest BCUT2D eigenvalue weighted by atomic mass is 19.4. The summed E-state index contributed by atoms with van der Waals surface area (Å²) in [6, 6.07) is 7.46. The van der Waals surface area contributed by atoms with Crippen LogP contribution in [0.1, 0.15) is 54.9 Å². The maximum absolute atomic E-state index is 14.2. The van der Waals surface area contributed by atoms with Crippen LogP contribution in [0.15, 0.2) is 140 Å². The van der Waals surface area contributed by atoms with Crippen molar-refractivity contribution in [1.82, 2.24) is 0 Å². The molecule has 7 aromatic rings. The Labute approximate surface area is 414 Å². The standard InChI is InChI=1S/C32H12BF24.C16H11NO3/c34-25(35,36)13-1-14(26(37,38)39)6-21(5-13)33(22-7-15(27(40,41)42)2-16(8-22)28(43,44)45,23-9-17(29(46,47)48)3-18(10-23)30(49,50)51)24-11-19(31(52,53)54)4-20(12-24)32(55,56)57;18-16(19)13-6-3-7-15(10-13)20-17-9-8-12-4-1-2-5-14(12)11-17/h1-12H;1-11H/q-1;/p+1. The number of nitrogens with zero attached hydrogens (tertiary/aromatic N) is 1. The zero-order valence-electron chi connectivity index (χ0n) is 37.1. The molecule has 0 atom stereocenters. The van der Waals surface area contributed by atoms with E-state index in [0.717, 1.165) is 10.8 Å². The van der Waals surface area contributed by atoms with Gasteiger partial charge in [0.25, 0.3) is 0 Å². The van der Waals surface area contributed by atoms with Crippen molar-refractivity contribution in [3.05, 3.63) is 190 Å². The summed E-state index contributed by atoms with van der Waals surface area (Å²) in [6.07, 6.45) is -51.2. The largest absolute Gasteiger partial charge is 0.478 e. The fourth-order valence-electron chi connectivity index (χ4n) is 8.05. The smallest absolute Gasteiger partial charge is 0.416 e. The molecule has 0 spiro atoms. The Morgan fingerprint density at radius 2 is 0.649 bits per heavy atom. The number of hydrogen-bond donors (Lipinski definition) is 1. The third-order valence-electron chi connectivity index (χ3n) is 11.4. The molecule has 0 saturated carbocycles. The Kier molecular flexibility index (Phi) is 15.3. The van der Waals surface area contributed by atoms with Gasteiger partial charge in [0.1, 0.15) is 6.15 Å². The summed E-state index contributed by atoms with van der Waals surface area (Å²) < 4.78 is 342. The molecule has 1 heterocycles. The number of aromatic carboxylic acids is 1. The molecule has 0 saturated heterocycles. The predicted molar refractivity (Wildman–Crippen MR) is 224 cm³/mol. The summed E-state index contributed by atoms with van der Waals surface area (Å²) in [7, 11) is 0. The molecule has 0 bridgehead atoms. The first-order valence-corrected chi connectivity index (χ1v) is 20.8. The fourth-order valence-corrected chi connectivity index (χ4v) is 8.05. The molecule has 0 aliphatic carbocycles. The Morgan fingerprint density at radius 1 is 0.364 bits per heavy atom. The number of carbonyl (C=O) groups is 1. The number of benzene rings is 6. The third kappa shape index (κ3) is 13.3. The molecule has 0 aliphatic heterocycles. The average Bonchev–Trinajstić information content (AvgIpc) is 3.29. The van der Waals surface area contributed by atoms with Gasteiger partial charge in [-0.1, -0.05) is 72.8 Å². The fraction of sp³-hybridized carbons (Fsp3) is 0.167. The molecule has 0 fully saturated rings. The van der Waals surface area contributed by atoms with Gasteiger partial charge in [0, 0.05) is 16.9 Å². The van der Waals surface area contributed by atoms with E-state index in [0.29, 0.717) is 5.75 Å². The summed E-state index contributed by atoms with van der Waals surface area (Å²) in [5.74, 6) is -0.496. The molecule has 29 heteroatoms. The van der Waals surface area contributed by atoms with E-state index in [-0.39, 0.29) is 5.56 Å². The van der Waals surface area contributed by atoms with Crippen molar-refractivity contribution in [2.24, 2.45) is 0 Å². The van der Waals surface area contributed by atoms with Gasteiger partial charge in [-0.25, -0.2) is 9.63 Å². The van der Waals surface area contributed by atoms with Crippen LogP contribution in [0, 0.1) is 0 Å². The minimum Gasteiger partial charge on any atom is -0.478 e. The van der Waals surface area contributed by atoms with Crippen LogP contribution in [0.3, 0.4) is 0 Å². The van der Waals surface area contributed by atoms with Gasteiger partial charge in [0.15, 0.2) is 0 Å². The highest BCUT2D eigenvalue weighted by Crippen LogP contribution is 2.41. The van der Waals surface area contributed by atoms with Crippen LogP contribution in [-0.2, 0) is 49.4 Å². The molecule has 410 valence electrons. The summed E-state index contributed by atoms with van der Waals surface area (Å²) in [6.45, 7) is 0. The van der Waals surface area contributed by atoms with E-state index >= 15 is 0 Å². The van der Waals surface area contributed by atoms with Crippen LogP contribution in [0.2, 0.25) is 0 Å². The lowest BCUT2D eigenvalue weighted by atomic mass is 9.12. The number of alkyl halides is 24. The van der Waals surface area contributed by atoms with E-state index < -0.39 is 201 Å². The first-order chi connectivity index (χ1) is 35.0. The molecule has 0 aliphatic rings. The van der Waals surface area contributed by atoms with Gasteiger partial charge in [0.2, 0.25) is 18.1 Å². The lowest BCUT2D eigenvalue weighted by molar-refractivity contribution is -0.874. The van der Waals surface area contributed by atoms with Crippen molar-refractivity contribution in [3.8, 4) is 5.75 Å². The lowest BCUT2D eigenvalue weighted by Gasteiger charge is -2.46. The zero-order valence-corrected chi connectivity index (χ0v) is 37.1. The van der Waals surface area contributed by atoms with Crippen LogP contribution in [0.5, 0.6) is 5.75 Å². The molecule has 0 unspecified atom stereocenters. The van der Waals surface area contributed by atoms with E-state index in [4.69, 9.17) is 9.94 Å². The van der Waals surface area contributed by atoms with Crippen molar-refractivity contribution < 1.29 is 125 Å². The Bertz CT molecular complexity index is 2890. The second-order valence-corrected chi connectivity index (χ2v) is 16.6. The van der Waals surface area contributed by atoms with Crippen molar-refractivity contribution >= 4 is 44.7 Å². The highest BCUT2D eigenvalue weighted by Gasteiger charge is 2.47. The Hall–Kier alpha value is -7.62. The van der Waals surface area contributed by atoms with Crippen LogP contribution < -0.4 is 31.4 Å². The quantitative estimate of drug-likeness (QED) is 0.0983. The van der Waals surface area contributed by atoms with E-state index in [9.17, 15) is 110 Å². The Morgan fingerprint density at radius 3 is 0.922 bits per heavy atom. The molecule has 77 heavy (non-hydrogen) atoms. The maximum Gasteiger partial charge on any atom is 0.416 e. The molecule has 0 amide bonds. The van der Waals surface area contributed by atoms with Crippen LogP contribution in [0.4, 0.5) is 105 Å². The van der Waals surface area contributed by atoms with Crippen LogP contribution in [0.25, 0.3) is 10.8 Å². The lowest BCUT2D eigenvalue weighted by Crippen LogP contribution is -2.75. The van der Waals surface area contributed by atoms with E-state index in [1.165, 1.54) is 12.1 Å². The molecular formula is C48H24BF24NO3. The minimum atomic E-state index is -6.13. The normalized spacial score (nSPS) is 13.3. The van der Waals surface area contributed by atoms with E-state index in [1.54, 1.807) is 23.1 Å². The minimum absolute atomic E-state index is 0.198. The highest BCUT2D eigenvalue weighted by molar-refractivity contribution is 7.20. The molecule has 6 aromatic carbocycles. The average molecular weight is 1130 g/mol. The Balaban J connectivity index is 0.000000397. The van der Waals surface area contributed by atoms with Gasteiger partial charge >= 0.3 is 55.4 Å². The number of fused-ring (bicyclic) bond motifs is 1. The second-order valence-electron chi connectivity index (χ2n) is 16.6. The molecule has 4 nitrogen and oxygen atoms in total. The van der Waals surface area contributed by atoms with Gasteiger partial charge in [0.05, 0.1) is 55.5 Å².